The third-order valence-electron chi connectivity index (χ3n) is 11.3. The molecule has 2 aromatic carbocycles. The summed E-state index contributed by atoms with van der Waals surface area (Å²) in [6, 6.07) is 10.9. The van der Waals surface area contributed by atoms with E-state index in [1.165, 1.54) is 11.0 Å². The van der Waals surface area contributed by atoms with Crippen molar-refractivity contribution in [2.75, 3.05) is 38.1 Å². The van der Waals surface area contributed by atoms with Crippen LogP contribution in [0.1, 0.15) is 91.8 Å². The topological polar surface area (TPSA) is 87.0 Å². The lowest BCUT2D eigenvalue weighted by Gasteiger charge is -2.46. The lowest BCUT2D eigenvalue weighted by atomic mass is 9.58. The number of halogens is 3. The minimum absolute atomic E-state index is 0.0248. The molecule has 2 saturated heterocycles. The molecule has 2 amide bonds. The molecule has 1 saturated carbocycles. The zero-order valence-corrected chi connectivity index (χ0v) is 30.3. The first-order valence-electron chi connectivity index (χ1n) is 17.9. The molecule has 0 bridgehead atoms. The normalized spacial score (nSPS) is 25.5. The number of likely N-dealkylation sites (N-methyl/N-ethyl adjacent to an activating group) is 1. The van der Waals surface area contributed by atoms with Crippen molar-refractivity contribution in [2.45, 2.75) is 95.7 Å². The maximum atomic E-state index is 14.6. The highest BCUT2D eigenvalue weighted by Gasteiger charge is 2.49. The lowest BCUT2D eigenvalue weighted by molar-refractivity contribution is -0.138. The molecule has 3 aliphatic heterocycles. The van der Waals surface area contributed by atoms with Crippen molar-refractivity contribution in [2.24, 2.45) is 13.0 Å². The minimum atomic E-state index is -4.61. The van der Waals surface area contributed by atoms with Crippen LogP contribution in [0.5, 0.6) is 0 Å². The van der Waals surface area contributed by atoms with Crippen LogP contribution in [0.2, 0.25) is 0 Å². The summed E-state index contributed by atoms with van der Waals surface area (Å²) in [4.78, 5) is 34.3. The Labute approximate surface area is 297 Å². The van der Waals surface area contributed by atoms with Gasteiger partial charge >= 0.3 is 12.3 Å². The van der Waals surface area contributed by atoms with Gasteiger partial charge in [0.1, 0.15) is 17.8 Å². The Balaban J connectivity index is 1.07. The van der Waals surface area contributed by atoms with Gasteiger partial charge in [0.15, 0.2) is 0 Å². The number of aromatic nitrogens is 3. The first-order valence-corrected chi connectivity index (χ1v) is 17.9. The number of benzene rings is 2. The van der Waals surface area contributed by atoms with Gasteiger partial charge in [-0.25, -0.2) is 4.79 Å². The average Bonchev–Trinajstić information content (AvgIpc) is 3.86. The maximum Gasteiger partial charge on any atom is 0.416 e. The van der Waals surface area contributed by atoms with Crippen LogP contribution in [0, 0.1) is 5.92 Å². The van der Waals surface area contributed by atoms with E-state index in [0.29, 0.717) is 43.3 Å². The van der Waals surface area contributed by atoms with E-state index in [0.717, 1.165) is 43.6 Å². The van der Waals surface area contributed by atoms with Crippen LogP contribution in [0.4, 0.5) is 23.7 Å². The molecule has 10 nitrogen and oxygen atoms in total. The molecule has 274 valence electrons. The van der Waals surface area contributed by atoms with E-state index in [4.69, 9.17) is 4.74 Å². The molecule has 2 atom stereocenters. The van der Waals surface area contributed by atoms with Gasteiger partial charge in [0.25, 0.3) is 5.91 Å². The van der Waals surface area contributed by atoms with Crippen molar-refractivity contribution in [3.05, 3.63) is 76.4 Å². The van der Waals surface area contributed by atoms with Gasteiger partial charge in [-0.05, 0) is 100 Å². The second kappa shape index (κ2) is 12.9. The molecule has 4 heterocycles. The fraction of sp³-hybridized carbons (Fsp3) is 0.579. The number of aryl methyl sites for hydroxylation is 1. The average molecular weight is 708 g/mol. The second-order valence-corrected chi connectivity index (χ2v) is 16.2. The molecule has 1 aliphatic carbocycles. The Morgan fingerprint density at radius 3 is 2.45 bits per heavy atom. The second-order valence-electron chi connectivity index (χ2n) is 16.2. The first kappa shape index (κ1) is 35.4. The van der Waals surface area contributed by atoms with Crippen molar-refractivity contribution in [3.63, 3.8) is 0 Å². The molecule has 0 N–H and O–H groups in total. The summed E-state index contributed by atoms with van der Waals surface area (Å²) in [5.41, 5.74) is 0.522. The minimum Gasteiger partial charge on any atom is -0.444 e. The SMILES string of the molecule is CC1CC(c2cccc(N3Cc4c(cc(CN5CC[C@@H](N(C)C6CCN(C(=O)OC(C)(C)C)C6)C5)cc4C(F)(F)F)C3=O)c2)(c2nncn2C)C1. The number of carbonyl (C=O) groups excluding carboxylic acids is 2. The molecule has 3 fully saturated rings. The van der Waals surface area contributed by atoms with Crippen molar-refractivity contribution in [1.82, 2.24) is 29.5 Å². The first-order chi connectivity index (χ1) is 24.0. The van der Waals surface area contributed by atoms with Crippen molar-refractivity contribution < 1.29 is 27.5 Å². The highest BCUT2D eigenvalue weighted by molar-refractivity contribution is 6.10. The lowest BCUT2D eigenvalue weighted by Crippen LogP contribution is -2.44. The zero-order valence-electron chi connectivity index (χ0n) is 30.3. The monoisotopic (exact) mass is 707 g/mol. The number of hydrogen-bond acceptors (Lipinski definition) is 7. The summed E-state index contributed by atoms with van der Waals surface area (Å²) in [5, 5.41) is 8.53. The molecule has 0 radical (unpaired) electrons. The highest BCUT2D eigenvalue weighted by atomic mass is 19.4. The number of ether oxygens (including phenoxy) is 1. The number of nitrogens with zero attached hydrogens (tertiary/aromatic N) is 7. The molecular weight excluding hydrogens is 659 g/mol. The number of amides is 2. The molecule has 1 unspecified atom stereocenters. The number of fused-ring (bicyclic) bond motifs is 1. The van der Waals surface area contributed by atoms with Gasteiger partial charge in [-0.15, -0.1) is 10.2 Å². The van der Waals surface area contributed by atoms with Crippen molar-refractivity contribution >= 4 is 17.7 Å². The van der Waals surface area contributed by atoms with E-state index < -0.39 is 23.2 Å². The van der Waals surface area contributed by atoms with Crippen LogP contribution in [-0.2, 0) is 36.5 Å². The molecule has 0 spiro atoms. The van der Waals surface area contributed by atoms with Gasteiger partial charge in [0.2, 0.25) is 0 Å². The van der Waals surface area contributed by atoms with Crippen LogP contribution in [0.3, 0.4) is 0 Å². The van der Waals surface area contributed by atoms with E-state index in [9.17, 15) is 22.8 Å². The van der Waals surface area contributed by atoms with E-state index in [1.807, 2.05) is 50.6 Å². The van der Waals surface area contributed by atoms with Crippen molar-refractivity contribution in [1.29, 1.82) is 0 Å². The standard InChI is InChI=1S/C38H48F3N7O3/c1-24-17-37(18-24,34-43-42-23-44(34)5)26-8-7-9-27(16-26)48-22-31-30(33(48)49)14-25(15-32(31)38(39,40)41)19-46-12-10-28(20-46)45(6)29-11-13-47(21-29)35(50)51-36(2,3)4/h7-9,14-16,23-24,28-29H,10-13,17-22H2,1-6H3/t24?,28-,29?,37?/m1/s1. The largest absolute Gasteiger partial charge is 0.444 e. The van der Waals surface area contributed by atoms with Gasteiger partial charge in [-0.1, -0.05) is 19.1 Å². The van der Waals surface area contributed by atoms with E-state index >= 15 is 0 Å². The van der Waals surface area contributed by atoms with E-state index in [1.54, 1.807) is 23.4 Å². The molecule has 3 aromatic rings. The fourth-order valence-electron chi connectivity index (χ4n) is 8.80. The van der Waals surface area contributed by atoms with Crippen LogP contribution in [0.15, 0.2) is 42.7 Å². The number of carbonyl (C=O) groups is 2. The van der Waals surface area contributed by atoms with Gasteiger partial charge < -0.3 is 19.1 Å². The molecule has 4 aliphatic rings. The van der Waals surface area contributed by atoms with Gasteiger partial charge in [0.05, 0.1) is 17.5 Å². The third kappa shape index (κ3) is 6.74. The fourth-order valence-corrected chi connectivity index (χ4v) is 8.80. The summed E-state index contributed by atoms with van der Waals surface area (Å²) < 4.78 is 51.3. The molecular formula is C38H48F3N7O3. The number of likely N-dealkylation sites (tertiary alicyclic amines) is 2. The van der Waals surface area contributed by atoms with Crippen LogP contribution in [-0.4, -0.2) is 92.4 Å². The highest BCUT2D eigenvalue weighted by Crippen LogP contribution is 2.52. The van der Waals surface area contributed by atoms with Crippen molar-refractivity contribution in [3.8, 4) is 0 Å². The summed E-state index contributed by atoms with van der Waals surface area (Å²) >= 11 is 0. The van der Waals surface area contributed by atoms with E-state index in [-0.39, 0.29) is 41.3 Å². The predicted molar refractivity (Wildman–Crippen MR) is 186 cm³/mol. The summed E-state index contributed by atoms with van der Waals surface area (Å²) in [7, 11) is 3.98. The molecule has 7 rings (SSSR count). The van der Waals surface area contributed by atoms with E-state index in [2.05, 4.69) is 34.0 Å². The Morgan fingerprint density at radius 2 is 1.78 bits per heavy atom. The summed E-state index contributed by atoms with van der Waals surface area (Å²) in [6.07, 6.45) is 0.226. The molecule has 51 heavy (non-hydrogen) atoms. The Kier molecular flexibility index (Phi) is 8.97. The summed E-state index contributed by atoms with van der Waals surface area (Å²) in [6.45, 7) is 10.6. The zero-order chi connectivity index (χ0) is 36.5. The third-order valence-corrected chi connectivity index (χ3v) is 11.3. The van der Waals surface area contributed by atoms with Crippen LogP contribution in [0.25, 0.3) is 0 Å². The van der Waals surface area contributed by atoms with Crippen LogP contribution >= 0.6 is 0 Å². The predicted octanol–water partition coefficient (Wildman–Crippen LogP) is 6.23. The molecule has 1 aromatic heterocycles. The van der Waals surface area contributed by atoms with Gasteiger partial charge in [-0.2, -0.15) is 13.2 Å². The van der Waals surface area contributed by atoms with Crippen LogP contribution < -0.4 is 4.90 Å². The number of rotatable bonds is 7. The molecule has 13 heteroatoms. The maximum absolute atomic E-state index is 14.6. The van der Waals surface area contributed by atoms with Gasteiger partial charge in [0, 0.05) is 63.1 Å². The Bertz CT molecular complexity index is 1810. The van der Waals surface area contributed by atoms with Gasteiger partial charge in [-0.3, -0.25) is 14.6 Å². The smallest absolute Gasteiger partial charge is 0.416 e. The Morgan fingerprint density at radius 1 is 1.06 bits per heavy atom. The summed E-state index contributed by atoms with van der Waals surface area (Å²) in [5.74, 6) is 0.914. The number of hydrogen-bond donors (Lipinski definition) is 0. The number of alkyl halides is 3. The number of anilines is 1. The Hall–Kier alpha value is -3.97. The quantitative estimate of drug-likeness (QED) is 0.288.